The van der Waals surface area contributed by atoms with E-state index in [1.54, 1.807) is 0 Å². The molecular weight excluding hydrogens is 953 g/mol. The normalized spacial score (nSPS) is 28.9. The van der Waals surface area contributed by atoms with Crippen LogP contribution in [0.3, 0.4) is 0 Å². The monoisotopic (exact) mass is 996 g/mol. The molecule has 0 saturated carbocycles. The predicted molar refractivity (Wildman–Crippen MR) is 239 cm³/mol. The number of phenols is 11. The molecule has 0 spiro atoms. The Morgan fingerprint density at radius 3 is 1.88 bits per heavy atom. The lowest BCUT2D eigenvalue weighted by atomic mass is 9.71. The average molecular weight is 997 g/mol. The van der Waals surface area contributed by atoms with Gasteiger partial charge < -0.3 is 110 Å². The maximum absolute atomic E-state index is 12.8. The van der Waals surface area contributed by atoms with E-state index in [2.05, 4.69) is 0 Å². The Morgan fingerprint density at radius 2 is 1.15 bits per heavy atom. The molecule has 1 saturated heterocycles. The van der Waals surface area contributed by atoms with Gasteiger partial charge in [-0.2, -0.15) is 0 Å². The quantitative estimate of drug-likeness (QED) is 0.107. The molecule has 0 unspecified atom stereocenters. The summed E-state index contributed by atoms with van der Waals surface area (Å²) >= 11 is 0. The topological polar surface area (TPSA) is 379 Å². The molecule has 11 rings (SSSR count). The van der Waals surface area contributed by atoms with Crippen molar-refractivity contribution in [1.82, 2.24) is 0 Å². The molecule has 22 nitrogen and oxygen atoms in total. The van der Waals surface area contributed by atoms with Crippen molar-refractivity contribution in [3.05, 3.63) is 123 Å². The Bertz CT molecular complexity index is 3200. The van der Waals surface area contributed by atoms with E-state index in [0.717, 1.165) is 48.5 Å². The van der Waals surface area contributed by atoms with Crippen LogP contribution in [0.2, 0.25) is 0 Å². The van der Waals surface area contributed by atoms with Crippen LogP contribution in [-0.4, -0.2) is 131 Å². The predicted octanol–water partition coefficient (Wildman–Crippen LogP) is 2.71. The molecule has 0 amide bonds. The van der Waals surface area contributed by atoms with Gasteiger partial charge in [-0.05, 0) is 42.0 Å². The first-order valence-corrected chi connectivity index (χ1v) is 22.2. The van der Waals surface area contributed by atoms with E-state index >= 15 is 0 Å². The van der Waals surface area contributed by atoms with E-state index in [-0.39, 0.29) is 61.8 Å². The molecule has 2 bridgehead atoms. The van der Waals surface area contributed by atoms with Crippen molar-refractivity contribution in [3.8, 4) is 86.2 Å². The second-order valence-corrected chi connectivity index (χ2v) is 18.2. The number of phenolic OH excluding ortho intramolecular Hbond substituents is 11. The van der Waals surface area contributed by atoms with Crippen molar-refractivity contribution in [2.45, 2.75) is 79.2 Å². The second-order valence-electron chi connectivity index (χ2n) is 18.2. The van der Waals surface area contributed by atoms with Crippen LogP contribution >= 0.6 is 0 Å². The summed E-state index contributed by atoms with van der Waals surface area (Å²) in [5, 5.41) is 179. The van der Waals surface area contributed by atoms with Gasteiger partial charge in [-0.15, -0.1) is 0 Å². The number of aliphatic hydroxyl groups excluding tert-OH is 5. The number of para-hydroxylation sites is 1. The molecule has 5 aliphatic heterocycles. The zero-order valence-electron chi connectivity index (χ0n) is 36.9. The zero-order valence-corrected chi connectivity index (χ0v) is 36.9. The number of fused-ring (bicyclic) bond motifs is 9. The summed E-state index contributed by atoms with van der Waals surface area (Å²) in [5.74, 6) is -14.1. The lowest BCUT2D eigenvalue weighted by Crippen LogP contribution is -2.62. The third-order valence-corrected chi connectivity index (χ3v) is 13.9. The lowest BCUT2D eigenvalue weighted by molar-refractivity contribution is -0.327. The minimum atomic E-state index is -2.45. The molecule has 16 N–H and O–H groups in total. The van der Waals surface area contributed by atoms with Crippen molar-refractivity contribution >= 4 is 0 Å². The van der Waals surface area contributed by atoms with Gasteiger partial charge in [0.05, 0.1) is 24.5 Å². The van der Waals surface area contributed by atoms with Crippen LogP contribution in [0.5, 0.6) is 86.2 Å². The second kappa shape index (κ2) is 16.6. The highest BCUT2D eigenvalue weighted by Gasteiger charge is 2.63. The number of aliphatic hydroxyl groups is 5. The molecular formula is C50H44O22. The SMILES string of the molecule is Oc1cc(O)c2c(c1)O[C@@]1(c3ccc(O)c(O)c3)Oc3cc(O)c4c(c3[C@@H]2[C@H]1O[C@@H]1OC[C@H](O)[C@H](O)[C@H]1O)O[C@H](c1ccc(O)c(O)c1)[C@H](O)[C@H]4c1c(O)cc(O)c2c1O[C@H](c1cccc(O)c1O)[C@H](O)C2. The van der Waals surface area contributed by atoms with Gasteiger partial charge in [-0.25, -0.2) is 0 Å². The summed E-state index contributed by atoms with van der Waals surface area (Å²) in [6, 6.07) is 14.7. The fourth-order valence-corrected chi connectivity index (χ4v) is 10.6. The minimum absolute atomic E-state index is 0.0264. The number of benzene rings is 6. The highest BCUT2D eigenvalue weighted by Crippen LogP contribution is 2.66. The molecule has 6 aromatic carbocycles. The van der Waals surface area contributed by atoms with Crippen molar-refractivity contribution in [1.29, 1.82) is 0 Å². The van der Waals surface area contributed by atoms with Gasteiger partial charge in [0.1, 0.15) is 76.2 Å². The van der Waals surface area contributed by atoms with Gasteiger partial charge in [-0.3, -0.25) is 0 Å². The van der Waals surface area contributed by atoms with Gasteiger partial charge in [-0.1, -0.05) is 18.2 Å². The highest BCUT2D eigenvalue weighted by atomic mass is 16.8. The van der Waals surface area contributed by atoms with E-state index in [9.17, 15) is 81.7 Å². The van der Waals surface area contributed by atoms with Gasteiger partial charge >= 0.3 is 5.79 Å². The Kier molecular flexibility index (Phi) is 10.7. The van der Waals surface area contributed by atoms with E-state index in [4.69, 9.17) is 28.4 Å². The van der Waals surface area contributed by atoms with Crippen molar-refractivity contribution < 1.29 is 110 Å². The largest absolute Gasteiger partial charge is 0.508 e. The minimum Gasteiger partial charge on any atom is -0.508 e. The van der Waals surface area contributed by atoms with Gasteiger partial charge in [0, 0.05) is 69.6 Å². The summed E-state index contributed by atoms with van der Waals surface area (Å²) in [5.41, 5.74) is -1.40. The fraction of sp³-hybridized carbons (Fsp3) is 0.280. The standard InChI is InChI=1S/C50H44O22/c51-18-10-27(58)34-32(11-18)71-50(17-5-7-22(53)26(57)9-17)48(70-49-43(66)41(64)31(62)15-67-49)39(34)37-33(72-50)14-29(60)36-38(42(65)44(68-47(36)37)16-4-6-21(52)25(56)8-16)35-28(59)13-24(55)20-12-30(61)45(69-46(20)35)19-2-1-3-23(54)40(19)63/h1-11,13-14,30-31,38-39,41-45,48-49,51-66H,12,15H2/t30-,31+,38+,39-,41+,42-,43-,44-,45-,48-,49+,50+/m1/s1. The van der Waals surface area contributed by atoms with Crippen LogP contribution in [0.4, 0.5) is 0 Å². The Labute approximate surface area is 404 Å². The summed E-state index contributed by atoms with van der Waals surface area (Å²) in [4.78, 5) is 0. The molecule has 6 aromatic rings. The summed E-state index contributed by atoms with van der Waals surface area (Å²) < 4.78 is 38.6. The van der Waals surface area contributed by atoms with Crippen molar-refractivity contribution in [3.63, 3.8) is 0 Å². The molecule has 5 heterocycles. The van der Waals surface area contributed by atoms with E-state index in [0.29, 0.717) is 0 Å². The Hall–Kier alpha value is -7.96. The van der Waals surface area contributed by atoms with Gasteiger partial charge in [0.25, 0.3) is 0 Å². The third kappa shape index (κ3) is 6.90. The van der Waals surface area contributed by atoms with Crippen LogP contribution in [0.25, 0.3) is 0 Å². The highest BCUT2D eigenvalue weighted by molar-refractivity contribution is 5.72. The van der Waals surface area contributed by atoms with Crippen LogP contribution < -0.4 is 18.9 Å². The number of ether oxygens (including phenoxy) is 6. The molecule has 376 valence electrons. The van der Waals surface area contributed by atoms with Crippen molar-refractivity contribution in [2.75, 3.05) is 6.61 Å². The first-order valence-electron chi connectivity index (χ1n) is 22.2. The first-order chi connectivity index (χ1) is 34.3. The Morgan fingerprint density at radius 1 is 0.500 bits per heavy atom. The molecule has 12 atom stereocenters. The Balaban J connectivity index is 1.20. The molecule has 5 aliphatic rings. The maximum Gasteiger partial charge on any atom is 0.305 e. The van der Waals surface area contributed by atoms with E-state index in [1.807, 2.05) is 0 Å². The van der Waals surface area contributed by atoms with Crippen LogP contribution in [-0.2, 0) is 21.7 Å². The number of hydrogen-bond donors (Lipinski definition) is 16. The summed E-state index contributed by atoms with van der Waals surface area (Å²) in [6.07, 6.45) is -16.1. The molecule has 0 radical (unpaired) electrons. The summed E-state index contributed by atoms with van der Waals surface area (Å²) in [7, 11) is 0. The summed E-state index contributed by atoms with van der Waals surface area (Å²) in [6.45, 7) is -0.570. The zero-order chi connectivity index (χ0) is 51.0. The van der Waals surface area contributed by atoms with Crippen LogP contribution in [0.1, 0.15) is 68.6 Å². The van der Waals surface area contributed by atoms with E-state index in [1.165, 1.54) is 30.3 Å². The maximum atomic E-state index is 12.8. The van der Waals surface area contributed by atoms with Crippen LogP contribution in [0, 0.1) is 0 Å². The molecule has 0 aromatic heterocycles. The number of rotatable bonds is 6. The first kappa shape index (κ1) is 46.4. The van der Waals surface area contributed by atoms with E-state index < -0.39 is 155 Å². The van der Waals surface area contributed by atoms with Crippen molar-refractivity contribution in [2.24, 2.45) is 0 Å². The smallest absolute Gasteiger partial charge is 0.305 e. The molecule has 22 heteroatoms. The van der Waals surface area contributed by atoms with Gasteiger partial charge in [0.15, 0.2) is 59.1 Å². The lowest BCUT2D eigenvalue weighted by Gasteiger charge is -2.53. The molecule has 1 fully saturated rings. The number of hydrogen-bond acceptors (Lipinski definition) is 22. The third-order valence-electron chi connectivity index (χ3n) is 13.9. The molecule has 0 aliphatic carbocycles. The van der Waals surface area contributed by atoms with Gasteiger partial charge in [0.2, 0.25) is 0 Å². The fourth-order valence-electron chi connectivity index (χ4n) is 10.6. The average Bonchev–Trinajstić information content (AvgIpc) is 3.32. The van der Waals surface area contributed by atoms with Crippen LogP contribution in [0.15, 0.2) is 78.9 Å². The number of aromatic hydroxyl groups is 11. The molecule has 72 heavy (non-hydrogen) atoms.